The molecule has 51 heavy (non-hydrogen) atoms. The van der Waals surface area contributed by atoms with Crippen molar-refractivity contribution in [1.82, 2.24) is 14.3 Å². The number of amides is 2. The van der Waals surface area contributed by atoms with Crippen molar-refractivity contribution in [2.24, 2.45) is 11.8 Å². The van der Waals surface area contributed by atoms with Crippen molar-refractivity contribution in [2.75, 3.05) is 44.7 Å². The highest BCUT2D eigenvalue weighted by molar-refractivity contribution is 7.87. The van der Waals surface area contributed by atoms with Gasteiger partial charge in [-0.15, -0.1) is 0 Å². The highest BCUT2D eigenvalue weighted by Crippen LogP contribution is 2.48. The number of fused-ring (bicyclic) bond motifs is 4. The number of halogens is 1. The Kier molecular flexibility index (Phi) is 10.8. The van der Waals surface area contributed by atoms with Crippen LogP contribution in [0.1, 0.15) is 74.4 Å². The van der Waals surface area contributed by atoms with Crippen molar-refractivity contribution in [3.05, 3.63) is 70.3 Å². The van der Waals surface area contributed by atoms with E-state index in [1.165, 1.54) is 18.2 Å². The van der Waals surface area contributed by atoms with E-state index in [1.807, 2.05) is 12.1 Å². The summed E-state index contributed by atoms with van der Waals surface area (Å²) in [6.07, 6.45) is 9.32. The molecule has 2 aliphatic heterocycles. The van der Waals surface area contributed by atoms with Gasteiger partial charge >= 0.3 is 10.2 Å². The molecule has 10 nitrogen and oxygen atoms in total. The number of carbonyl (C=O) groups excluding carboxylic acids is 2. The molecule has 13 heteroatoms. The van der Waals surface area contributed by atoms with Crippen molar-refractivity contribution in [2.45, 2.75) is 88.9 Å². The lowest BCUT2D eigenvalue weighted by Gasteiger charge is -2.48. The van der Waals surface area contributed by atoms with Gasteiger partial charge in [0.15, 0.2) is 8.32 Å². The zero-order chi connectivity index (χ0) is 36.8. The summed E-state index contributed by atoms with van der Waals surface area (Å²) in [6.45, 7) is 12.8. The van der Waals surface area contributed by atoms with E-state index in [1.54, 1.807) is 18.2 Å². The quantitative estimate of drug-likeness (QED) is 0.282. The van der Waals surface area contributed by atoms with Crippen LogP contribution in [0.15, 0.2) is 48.6 Å². The normalized spacial score (nSPS) is 27.5. The Morgan fingerprint density at radius 3 is 2.67 bits per heavy atom. The fourth-order valence-corrected chi connectivity index (χ4v) is 10.4. The summed E-state index contributed by atoms with van der Waals surface area (Å²) in [5.41, 5.74) is 3.19. The van der Waals surface area contributed by atoms with E-state index in [-0.39, 0.29) is 34.6 Å². The fourth-order valence-electron chi connectivity index (χ4n) is 7.79. The Bertz CT molecular complexity index is 1800. The maximum atomic E-state index is 13.7. The molecule has 4 atom stereocenters. The van der Waals surface area contributed by atoms with Gasteiger partial charge in [0, 0.05) is 42.7 Å². The van der Waals surface area contributed by atoms with E-state index in [4.69, 9.17) is 20.8 Å². The molecular formula is C38H53ClN4O6SSi. The number of hydrogen-bond acceptors (Lipinski definition) is 7. The third-order valence-corrected chi connectivity index (χ3v) is 18.1. The molecule has 0 unspecified atom stereocenters. The van der Waals surface area contributed by atoms with Crippen molar-refractivity contribution < 1.29 is 27.2 Å². The third-order valence-electron chi connectivity index (χ3n) is 11.9. The molecule has 2 aromatic carbocycles. The Balaban J connectivity index is 1.43. The predicted octanol–water partition coefficient (Wildman–Crippen LogP) is 6.21. The summed E-state index contributed by atoms with van der Waals surface area (Å²) in [5.74, 6) is 0.0292. The highest BCUT2D eigenvalue weighted by Gasteiger charge is 2.47. The molecule has 278 valence electrons. The number of carbonyl (C=O) groups is 2. The molecule has 2 amide bonds. The molecule has 6 rings (SSSR count). The molecular weight excluding hydrogens is 704 g/mol. The molecule has 0 saturated heterocycles. The number of likely N-dealkylation sites (N-methyl/N-ethyl adjacent to an activating group) is 1. The second kappa shape index (κ2) is 14.5. The number of nitrogens with zero attached hydrogens (tertiary/aromatic N) is 2. The first-order valence-corrected chi connectivity index (χ1v) is 22.9. The smallest absolute Gasteiger partial charge is 0.304 e. The summed E-state index contributed by atoms with van der Waals surface area (Å²) in [7, 11) is -5.10. The van der Waals surface area contributed by atoms with E-state index in [9.17, 15) is 18.0 Å². The maximum absolute atomic E-state index is 13.7. The van der Waals surface area contributed by atoms with Crippen LogP contribution in [0, 0.1) is 11.8 Å². The van der Waals surface area contributed by atoms with Gasteiger partial charge in [0.05, 0.1) is 24.9 Å². The minimum atomic E-state index is -4.37. The van der Waals surface area contributed by atoms with Crippen LogP contribution in [-0.4, -0.2) is 78.8 Å². The molecule has 2 aromatic rings. The Morgan fingerprint density at radius 2 is 1.96 bits per heavy atom. The molecule has 2 aliphatic carbocycles. The molecule has 1 fully saturated rings. The Hall–Kier alpha value is -2.90. The molecule has 4 aliphatic rings. The van der Waals surface area contributed by atoms with Crippen LogP contribution in [-0.2, 0) is 31.3 Å². The van der Waals surface area contributed by atoms with Crippen molar-refractivity contribution in [3.8, 4) is 5.75 Å². The lowest BCUT2D eigenvalue weighted by Crippen LogP contribution is -2.52. The van der Waals surface area contributed by atoms with Gasteiger partial charge in [0.1, 0.15) is 5.75 Å². The third kappa shape index (κ3) is 7.90. The van der Waals surface area contributed by atoms with Crippen molar-refractivity contribution >= 4 is 47.6 Å². The van der Waals surface area contributed by atoms with Crippen molar-refractivity contribution in [1.29, 1.82) is 0 Å². The van der Waals surface area contributed by atoms with Crippen LogP contribution in [0.2, 0.25) is 23.2 Å². The Morgan fingerprint density at radius 1 is 1.18 bits per heavy atom. The number of nitrogens with one attached hydrogen (secondary N) is 2. The second-order valence-corrected chi connectivity index (χ2v) is 23.2. The van der Waals surface area contributed by atoms with Gasteiger partial charge in [-0.3, -0.25) is 9.59 Å². The van der Waals surface area contributed by atoms with Gasteiger partial charge < -0.3 is 19.4 Å². The van der Waals surface area contributed by atoms with Gasteiger partial charge in [-0.25, -0.2) is 4.72 Å². The first-order valence-electron chi connectivity index (χ1n) is 18.2. The van der Waals surface area contributed by atoms with E-state index in [0.29, 0.717) is 31.2 Å². The number of aryl methyl sites for hydroxylation is 1. The van der Waals surface area contributed by atoms with Gasteiger partial charge in [-0.05, 0) is 110 Å². The summed E-state index contributed by atoms with van der Waals surface area (Å²) >= 11 is 6.47. The topological polar surface area (TPSA) is 117 Å². The zero-order valence-electron chi connectivity index (χ0n) is 30.8. The van der Waals surface area contributed by atoms with E-state index in [0.717, 1.165) is 53.7 Å². The summed E-state index contributed by atoms with van der Waals surface area (Å²) in [6, 6.07) is 11.4. The van der Waals surface area contributed by atoms with E-state index in [2.05, 4.69) is 67.0 Å². The molecule has 2 N–H and O–H groups in total. The molecule has 0 aromatic heterocycles. The fraction of sp³-hybridized carbons (Fsp3) is 0.579. The first kappa shape index (κ1) is 37.8. The molecule has 2 heterocycles. The van der Waals surface area contributed by atoms with Gasteiger partial charge in [0.2, 0.25) is 5.91 Å². The predicted molar refractivity (Wildman–Crippen MR) is 204 cm³/mol. The lowest BCUT2D eigenvalue weighted by molar-refractivity contribution is -0.120. The monoisotopic (exact) mass is 756 g/mol. The second-order valence-electron chi connectivity index (χ2n) is 16.3. The molecule has 1 saturated carbocycles. The van der Waals surface area contributed by atoms with Crippen LogP contribution in [0.5, 0.6) is 5.75 Å². The number of benzene rings is 2. The zero-order valence-corrected chi connectivity index (χ0v) is 33.3. The van der Waals surface area contributed by atoms with Gasteiger partial charge in [0.25, 0.3) is 5.91 Å². The van der Waals surface area contributed by atoms with Gasteiger partial charge in [-0.1, -0.05) is 50.6 Å². The standard InChI is InChI=1S/C38H53ClN4O6SSi/c1-37(2,3)51(5,6)49-33-11-7-8-19-43(23-35(44)40-4)50(46,47)41-36(45)27-13-17-34-32(21-27)42(22-28-12-15-30(28)33)24-38(25-48-34)18-9-10-26-20-29(39)14-16-31(26)38/h7,11,13-14,16-17,20-21,28,30,33H,8-10,12,15,18-19,22-25H2,1-6H3,(H,40,44)(H,41,45)/b11-7+/t28-,30+,33-,38-/m0/s1. The SMILES string of the molecule is CNC(=O)CN1CC/C=C/[C@H](O[Si](C)(C)C(C)(C)C)[C@@H]2CC[C@H]2CN2C[C@@]3(CCCc4cc(Cl)ccc43)COc3ccc(cc32)C(=O)NS1(=O)=O. The minimum absolute atomic E-state index is 0.00700. The van der Waals surface area contributed by atoms with Crippen LogP contribution < -0.4 is 19.7 Å². The van der Waals surface area contributed by atoms with E-state index >= 15 is 0 Å². The minimum Gasteiger partial charge on any atom is -0.490 e. The van der Waals surface area contributed by atoms with E-state index < -0.39 is 36.9 Å². The number of hydrogen-bond donors (Lipinski definition) is 2. The summed E-state index contributed by atoms with van der Waals surface area (Å²) < 4.78 is 44.3. The average Bonchev–Trinajstić information content (AvgIpc) is 3.19. The number of ether oxygens (including phenoxy) is 1. The maximum Gasteiger partial charge on any atom is 0.304 e. The van der Waals surface area contributed by atoms with Crippen LogP contribution in [0.25, 0.3) is 0 Å². The first-order chi connectivity index (χ1) is 24.0. The van der Waals surface area contributed by atoms with Crippen LogP contribution in [0.4, 0.5) is 5.69 Å². The molecule has 0 radical (unpaired) electrons. The van der Waals surface area contributed by atoms with Crippen LogP contribution in [0.3, 0.4) is 0 Å². The Labute approximate surface area is 309 Å². The molecule has 2 bridgehead atoms. The summed E-state index contributed by atoms with van der Waals surface area (Å²) in [5, 5.41) is 3.23. The number of anilines is 1. The highest BCUT2D eigenvalue weighted by atomic mass is 35.5. The largest absolute Gasteiger partial charge is 0.490 e. The van der Waals surface area contributed by atoms with Crippen molar-refractivity contribution in [3.63, 3.8) is 0 Å². The lowest BCUT2D eigenvalue weighted by atomic mass is 9.68. The number of rotatable bonds is 4. The average molecular weight is 757 g/mol. The summed E-state index contributed by atoms with van der Waals surface area (Å²) in [4.78, 5) is 28.5. The van der Waals surface area contributed by atoms with Crippen LogP contribution >= 0.6 is 11.6 Å². The van der Waals surface area contributed by atoms with Gasteiger partial charge in [-0.2, -0.15) is 12.7 Å². The molecule has 1 spiro atoms.